The van der Waals surface area contributed by atoms with E-state index < -0.39 is 12.0 Å². The standard InChI is InChI=1S/C29H30BrN3O4S/c1-4-37-28(35)25-18(2)31-29-33(26(25)22-17-20(30)10-13-23(22)36-3)27(34)24(38-29)16-19-8-11-21(12-9-19)32-14-6-5-7-15-32/h8-13,16-17,26H,4-7,14-15H2,1-3H3/b24-16-/t26-/m0/s1. The molecule has 0 N–H and O–H groups in total. The average Bonchev–Trinajstić information content (AvgIpc) is 3.23. The normalized spacial score (nSPS) is 17.7. The molecule has 1 saturated heterocycles. The van der Waals surface area contributed by atoms with E-state index >= 15 is 0 Å². The highest BCUT2D eigenvalue weighted by atomic mass is 79.9. The molecule has 0 spiro atoms. The van der Waals surface area contributed by atoms with Gasteiger partial charge in [0.2, 0.25) is 0 Å². The lowest BCUT2D eigenvalue weighted by Gasteiger charge is -2.28. The van der Waals surface area contributed by atoms with E-state index in [4.69, 9.17) is 9.47 Å². The Balaban J connectivity index is 1.63. The van der Waals surface area contributed by atoms with Crippen molar-refractivity contribution in [2.75, 3.05) is 31.7 Å². The summed E-state index contributed by atoms with van der Waals surface area (Å²) in [5.74, 6) is 0.0703. The summed E-state index contributed by atoms with van der Waals surface area (Å²) in [6.07, 6.45) is 5.63. The average molecular weight is 597 g/mol. The molecule has 0 aliphatic carbocycles. The lowest BCUT2D eigenvalue weighted by atomic mass is 9.95. The molecule has 3 heterocycles. The molecule has 198 valence electrons. The maximum atomic E-state index is 13.9. The first-order valence-electron chi connectivity index (χ1n) is 12.8. The van der Waals surface area contributed by atoms with Gasteiger partial charge in [-0.05, 0) is 75.1 Å². The molecular weight excluding hydrogens is 566 g/mol. The molecule has 1 atom stereocenters. The SMILES string of the molecule is CCOC(=O)C1=C(C)N=c2s/c(=C\c3ccc(N4CCCCC4)cc3)c(=O)n2[C@H]1c1cc(Br)ccc1OC. The second-order valence-corrected chi connectivity index (χ2v) is 11.3. The first kappa shape index (κ1) is 26.4. The molecule has 1 aromatic heterocycles. The van der Waals surface area contributed by atoms with Gasteiger partial charge in [-0.3, -0.25) is 9.36 Å². The summed E-state index contributed by atoms with van der Waals surface area (Å²) in [6.45, 7) is 5.92. The van der Waals surface area contributed by atoms with Gasteiger partial charge in [-0.2, -0.15) is 0 Å². The van der Waals surface area contributed by atoms with Crippen molar-refractivity contribution in [3.8, 4) is 5.75 Å². The van der Waals surface area contributed by atoms with Crippen LogP contribution in [0.2, 0.25) is 0 Å². The van der Waals surface area contributed by atoms with Crippen molar-refractivity contribution in [3.05, 3.63) is 89.0 Å². The minimum absolute atomic E-state index is 0.213. The number of rotatable bonds is 6. The lowest BCUT2D eigenvalue weighted by molar-refractivity contribution is -0.139. The Morgan fingerprint density at radius 1 is 1.16 bits per heavy atom. The summed E-state index contributed by atoms with van der Waals surface area (Å²) in [5.41, 5.74) is 3.46. The van der Waals surface area contributed by atoms with Gasteiger partial charge in [-0.25, -0.2) is 9.79 Å². The molecule has 0 unspecified atom stereocenters. The number of ether oxygens (including phenoxy) is 2. The van der Waals surface area contributed by atoms with Crippen LogP contribution in [0.15, 0.2) is 68.0 Å². The van der Waals surface area contributed by atoms with E-state index in [-0.39, 0.29) is 12.2 Å². The van der Waals surface area contributed by atoms with Crippen molar-refractivity contribution in [2.45, 2.75) is 39.2 Å². The van der Waals surface area contributed by atoms with E-state index in [1.807, 2.05) is 36.4 Å². The Morgan fingerprint density at radius 2 is 1.89 bits per heavy atom. The minimum atomic E-state index is -0.735. The second kappa shape index (κ2) is 11.3. The highest BCUT2D eigenvalue weighted by Gasteiger charge is 2.35. The molecule has 0 amide bonds. The van der Waals surface area contributed by atoms with Crippen LogP contribution in [0.5, 0.6) is 5.75 Å². The van der Waals surface area contributed by atoms with E-state index in [1.165, 1.54) is 36.3 Å². The van der Waals surface area contributed by atoms with Crippen molar-refractivity contribution >= 4 is 45.0 Å². The highest BCUT2D eigenvalue weighted by Crippen LogP contribution is 2.37. The number of aromatic nitrogens is 1. The Kier molecular flexibility index (Phi) is 7.85. The second-order valence-electron chi connectivity index (χ2n) is 9.33. The molecule has 1 fully saturated rings. The number of allylic oxidation sites excluding steroid dienone is 1. The number of nitrogens with zero attached hydrogens (tertiary/aromatic N) is 3. The zero-order chi connectivity index (χ0) is 26.8. The molecule has 7 nitrogen and oxygen atoms in total. The molecule has 2 aliphatic rings. The third kappa shape index (κ3) is 5.09. The molecule has 0 bridgehead atoms. The van der Waals surface area contributed by atoms with E-state index in [2.05, 4.69) is 38.0 Å². The van der Waals surface area contributed by atoms with Crippen molar-refractivity contribution in [1.82, 2.24) is 4.57 Å². The quantitative estimate of drug-likeness (QED) is 0.391. The highest BCUT2D eigenvalue weighted by molar-refractivity contribution is 9.10. The molecule has 0 radical (unpaired) electrons. The number of hydrogen-bond donors (Lipinski definition) is 0. The zero-order valence-electron chi connectivity index (χ0n) is 21.7. The molecule has 38 heavy (non-hydrogen) atoms. The zero-order valence-corrected chi connectivity index (χ0v) is 24.1. The Hall–Kier alpha value is -3.17. The maximum Gasteiger partial charge on any atom is 0.338 e. The third-order valence-corrected chi connectivity index (χ3v) is 8.39. The number of anilines is 1. The number of esters is 1. The van der Waals surface area contributed by atoms with Gasteiger partial charge in [-0.1, -0.05) is 39.4 Å². The fraction of sp³-hybridized carbons (Fsp3) is 0.345. The first-order chi connectivity index (χ1) is 18.4. The van der Waals surface area contributed by atoms with E-state index in [0.29, 0.717) is 31.9 Å². The van der Waals surface area contributed by atoms with Crippen molar-refractivity contribution in [3.63, 3.8) is 0 Å². The van der Waals surface area contributed by atoms with Gasteiger partial charge in [0.15, 0.2) is 4.80 Å². The number of fused-ring (bicyclic) bond motifs is 1. The summed E-state index contributed by atoms with van der Waals surface area (Å²) in [6, 6.07) is 13.1. The molecule has 3 aromatic rings. The number of carbonyl (C=O) groups excluding carboxylic acids is 1. The summed E-state index contributed by atoms with van der Waals surface area (Å²) in [5, 5.41) is 0. The number of hydrogen-bond acceptors (Lipinski definition) is 7. The third-order valence-electron chi connectivity index (χ3n) is 6.92. The Bertz CT molecular complexity index is 1570. The molecule has 2 aliphatic heterocycles. The number of benzene rings is 2. The maximum absolute atomic E-state index is 13.9. The molecule has 5 rings (SSSR count). The van der Waals surface area contributed by atoms with Gasteiger partial charge >= 0.3 is 5.97 Å². The summed E-state index contributed by atoms with van der Waals surface area (Å²) in [7, 11) is 1.57. The summed E-state index contributed by atoms with van der Waals surface area (Å²) >= 11 is 4.85. The first-order valence-corrected chi connectivity index (χ1v) is 14.4. The predicted molar refractivity (Wildman–Crippen MR) is 154 cm³/mol. The lowest BCUT2D eigenvalue weighted by Crippen LogP contribution is -2.40. The number of methoxy groups -OCH3 is 1. The van der Waals surface area contributed by atoms with Gasteiger partial charge in [0.1, 0.15) is 11.8 Å². The van der Waals surface area contributed by atoms with Crippen molar-refractivity contribution < 1.29 is 14.3 Å². The van der Waals surface area contributed by atoms with Crippen LogP contribution in [0, 0.1) is 0 Å². The van der Waals surface area contributed by atoms with Crippen molar-refractivity contribution in [2.24, 2.45) is 4.99 Å². The van der Waals surface area contributed by atoms with Gasteiger partial charge < -0.3 is 14.4 Å². The summed E-state index contributed by atoms with van der Waals surface area (Å²) < 4.78 is 14.0. The number of thiazole rings is 1. The smallest absolute Gasteiger partial charge is 0.338 e. The van der Waals surface area contributed by atoms with Crippen LogP contribution in [0.1, 0.15) is 50.3 Å². The van der Waals surface area contributed by atoms with Gasteiger partial charge in [0.05, 0.1) is 29.5 Å². The molecule has 0 saturated carbocycles. The van der Waals surface area contributed by atoms with E-state index in [9.17, 15) is 9.59 Å². The van der Waals surface area contributed by atoms with Crippen LogP contribution in [0.25, 0.3) is 6.08 Å². The van der Waals surface area contributed by atoms with Crippen LogP contribution < -0.4 is 24.5 Å². The number of halogens is 1. The predicted octanol–water partition coefficient (Wildman–Crippen LogP) is 4.56. The fourth-order valence-electron chi connectivity index (χ4n) is 5.09. The largest absolute Gasteiger partial charge is 0.496 e. The molecule has 2 aromatic carbocycles. The Morgan fingerprint density at radius 3 is 2.58 bits per heavy atom. The van der Waals surface area contributed by atoms with Crippen LogP contribution in [-0.2, 0) is 9.53 Å². The van der Waals surface area contributed by atoms with Crippen LogP contribution in [0.4, 0.5) is 5.69 Å². The van der Waals surface area contributed by atoms with Crippen LogP contribution in [-0.4, -0.2) is 37.3 Å². The van der Waals surface area contributed by atoms with Gasteiger partial charge in [0, 0.05) is 28.8 Å². The number of carbonyl (C=O) groups is 1. The van der Waals surface area contributed by atoms with Gasteiger partial charge in [0.25, 0.3) is 5.56 Å². The van der Waals surface area contributed by atoms with Crippen molar-refractivity contribution in [1.29, 1.82) is 0 Å². The van der Waals surface area contributed by atoms with E-state index in [1.54, 1.807) is 25.5 Å². The van der Waals surface area contributed by atoms with Crippen LogP contribution >= 0.6 is 27.3 Å². The minimum Gasteiger partial charge on any atom is -0.496 e. The molecule has 9 heteroatoms. The number of piperidine rings is 1. The topological polar surface area (TPSA) is 73.1 Å². The summed E-state index contributed by atoms with van der Waals surface area (Å²) in [4.78, 5) is 34.6. The van der Waals surface area contributed by atoms with Gasteiger partial charge in [-0.15, -0.1) is 0 Å². The monoisotopic (exact) mass is 595 g/mol. The van der Waals surface area contributed by atoms with Crippen LogP contribution in [0.3, 0.4) is 0 Å². The van der Waals surface area contributed by atoms with E-state index in [0.717, 1.165) is 23.1 Å². The fourth-order valence-corrected chi connectivity index (χ4v) is 6.51. The molecular formula is C29H30BrN3O4S. The Labute approximate surface area is 233 Å².